The van der Waals surface area contributed by atoms with E-state index in [1.54, 1.807) is 4.68 Å². The van der Waals surface area contributed by atoms with Crippen LogP contribution in [0.3, 0.4) is 0 Å². The molecule has 0 unspecified atom stereocenters. The molecule has 0 bridgehead atoms. The summed E-state index contributed by atoms with van der Waals surface area (Å²) in [5, 5.41) is 20.3. The molecule has 0 spiro atoms. The molecule has 1 saturated carbocycles. The molecule has 1 aliphatic carbocycles. The minimum atomic E-state index is -2.70. The Kier molecular flexibility index (Phi) is 3.98. The Morgan fingerprint density at radius 1 is 1.19 bits per heavy atom. The molecule has 32 heavy (non-hydrogen) atoms. The van der Waals surface area contributed by atoms with Crippen LogP contribution < -0.4 is 20.9 Å². The lowest BCUT2D eigenvalue weighted by atomic mass is 9.99. The fraction of sp³-hybridized carbons (Fsp3) is 0.318. The first-order valence-electron chi connectivity index (χ1n) is 11.7. The number of aromatic nitrogens is 4. The second kappa shape index (κ2) is 7.63. The van der Waals surface area contributed by atoms with E-state index in [0.29, 0.717) is 12.2 Å². The predicted octanol–water partition coefficient (Wildman–Crippen LogP) is 2.28. The number of carbonyl (C=O) groups is 2. The Balaban J connectivity index is 1.54. The van der Waals surface area contributed by atoms with Crippen molar-refractivity contribution in [2.75, 3.05) is 29.6 Å². The van der Waals surface area contributed by atoms with Gasteiger partial charge in [0.05, 0.1) is 22.8 Å². The average molecular weight is 436 g/mol. The van der Waals surface area contributed by atoms with Crippen LogP contribution in [0.25, 0.3) is 11.3 Å². The van der Waals surface area contributed by atoms with Crippen LogP contribution in [0.4, 0.5) is 22.9 Å². The summed E-state index contributed by atoms with van der Waals surface area (Å²) in [6.07, 6.45) is 3.62. The molecule has 164 valence electrons. The zero-order chi connectivity index (χ0) is 24.9. The number of aryl methyl sites for hydroxylation is 1. The zero-order valence-corrected chi connectivity index (χ0v) is 17.6. The van der Waals surface area contributed by atoms with Gasteiger partial charge in [-0.1, -0.05) is 12.1 Å². The van der Waals surface area contributed by atoms with E-state index in [4.69, 9.17) is 4.11 Å². The second-order valence-electron chi connectivity index (χ2n) is 8.07. The highest BCUT2D eigenvalue weighted by molar-refractivity contribution is 6.01. The number of nitrogens with zero attached hydrogens (tertiary/aromatic N) is 5. The molecule has 2 aliphatic rings. The maximum atomic E-state index is 12.7. The quantitative estimate of drug-likeness (QED) is 0.563. The molecule has 1 fully saturated rings. The van der Waals surface area contributed by atoms with Gasteiger partial charge in [-0.25, -0.2) is 0 Å². The Labute approximate surface area is 189 Å². The summed E-state index contributed by atoms with van der Waals surface area (Å²) >= 11 is 0. The van der Waals surface area contributed by atoms with Crippen molar-refractivity contribution in [1.29, 1.82) is 0 Å². The number of hydrogen-bond acceptors (Lipinski definition) is 7. The van der Waals surface area contributed by atoms with Gasteiger partial charge >= 0.3 is 0 Å². The monoisotopic (exact) mass is 435 g/mol. The van der Waals surface area contributed by atoms with E-state index < -0.39 is 12.9 Å². The molecule has 10 nitrogen and oxygen atoms in total. The minimum Gasteiger partial charge on any atom is -0.368 e. The molecule has 0 saturated heterocycles. The number of benzene rings is 1. The normalized spacial score (nSPS) is 16.2. The van der Waals surface area contributed by atoms with Crippen LogP contribution in [-0.4, -0.2) is 45.8 Å². The molecule has 3 N–H and O–H groups in total. The van der Waals surface area contributed by atoms with Crippen LogP contribution in [-0.2, 0) is 18.4 Å². The SMILES string of the molecule is [2H]C([2H])([2H])NC(=O)c1nnc(NC(=O)C2CC2)cc1Nc1cccc2c1N(C)Cc1cn(C)nc1-2. The van der Waals surface area contributed by atoms with Crippen molar-refractivity contribution in [1.82, 2.24) is 25.3 Å². The first-order chi connectivity index (χ1) is 16.6. The fourth-order valence-corrected chi connectivity index (χ4v) is 3.96. The van der Waals surface area contributed by atoms with Crippen molar-refractivity contribution in [2.45, 2.75) is 19.4 Å². The summed E-state index contributed by atoms with van der Waals surface area (Å²) in [4.78, 5) is 27.0. The number of para-hydroxylation sites is 1. The Morgan fingerprint density at radius 2 is 2.03 bits per heavy atom. The van der Waals surface area contributed by atoms with Crippen LogP contribution in [0.5, 0.6) is 0 Å². The van der Waals surface area contributed by atoms with Gasteiger partial charge in [0, 0.05) is 61.0 Å². The number of fused-ring (bicyclic) bond motifs is 3. The van der Waals surface area contributed by atoms with E-state index in [2.05, 4.69) is 30.8 Å². The third-order valence-corrected chi connectivity index (χ3v) is 5.58. The van der Waals surface area contributed by atoms with Gasteiger partial charge < -0.3 is 20.9 Å². The van der Waals surface area contributed by atoms with Gasteiger partial charge in [0.2, 0.25) is 5.91 Å². The van der Waals surface area contributed by atoms with Gasteiger partial charge in [0.25, 0.3) is 5.91 Å². The maximum Gasteiger partial charge on any atom is 0.273 e. The number of anilines is 4. The van der Waals surface area contributed by atoms with Crippen LogP contribution in [0.1, 0.15) is 33.0 Å². The summed E-state index contributed by atoms with van der Waals surface area (Å²) in [7, 11) is 3.82. The third-order valence-electron chi connectivity index (χ3n) is 5.58. The average Bonchev–Trinajstić information content (AvgIpc) is 3.55. The molecule has 10 heteroatoms. The fourth-order valence-electron chi connectivity index (χ4n) is 3.96. The van der Waals surface area contributed by atoms with E-state index in [9.17, 15) is 9.59 Å². The largest absolute Gasteiger partial charge is 0.368 e. The molecule has 5 rings (SSSR count). The van der Waals surface area contributed by atoms with Gasteiger partial charge in [-0.05, 0) is 18.9 Å². The lowest BCUT2D eigenvalue weighted by Gasteiger charge is -2.29. The van der Waals surface area contributed by atoms with Crippen molar-refractivity contribution in [3.05, 3.63) is 41.7 Å². The van der Waals surface area contributed by atoms with Crippen molar-refractivity contribution in [3.63, 3.8) is 0 Å². The molecule has 3 heterocycles. The van der Waals surface area contributed by atoms with Crippen LogP contribution in [0.2, 0.25) is 0 Å². The van der Waals surface area contributed by atoms with E-state index >= 15 is 0 Å². The Morgan fingerprint density at radius 3 is 2.81 bits per heavy atom. The van der Waals surface area contributed by atoms with E-state index in [1.165, 1.54) is 6.07 Å². The molecule has 0 radical (unpaired) electrons. The number of nitrogens with one attached hydrogen (secondary N) is 3. The summed E-state index contributed by atoms with van der Waals surface area (Å²) in [6, 6.07) is 7.16. The number of amides is 2. The summed E-state index contributed by atoms with van der Waals surface area (Å²) in [5.41, 5.74) is 4.40. The maximum absolute atomic E-state index is 12.7. The van der Waals surface area contributed by atoms with Crippen molar-refractivity contribution in [2.24, 2.45) is 13.0 Å². The van der Waals surface area contributed by atoms with Gasteiger partial charge in [0.1, 0.15) is 0 Å². The molecule has 2 aromatic heterocycles. The minimum absolute atomic E-state index is 0.0471. The van der Waals surface area contributed by atoms with Crippen LogP contribution in [0.15, 0.2) is 30.5 Å². The predicted molar refractivity (Wildman–Crippen MR) is 121 cm³/mol. The van der Waals surface area contributed by atoms with Crippen molar-refractivity contribution >= 4 is 34.7 Å². The van der Waals surface area contributed by atoms with E-state index in [1.807, 2.05) is 43.8 Å². The molecule has 2 amide bonds. The van der Waals surface area contributed by atoms with Gasteiger partial charge in [-0.2, -0.15) is 5.10 Å². The zero-order valence-electron chi connectivity index (χ0n) is 20.6. The third kappa shape index (κ3) is 3.53. The first-order valence-corrected chi connectivity index (χ1v) is 10.2. The summed E-state index contributed by atoms with van der Waals surface area (Å²) in [5.74, 6) is -0.955. The summed E-state index contributed by atoms with van der Waals surface area (Å²) < 4.78 is 23.9. The van der Waals surface area contributed by atoms with Gasteiger partial charge in [-0.15, -0.1) is 10.2 Å². The lowest BCUT2D eigenvalue weighted by molar-refractivity contribution is -0.117. The highest BCUT2D eigenvalue weighted by Crippen LogP contribution is 2.43. The molecule has 1 aromatic carbocycles. The van der Waals surface area contributed by atoms with Crippen LogP contribution >= 0.6 is 0 Å². The lowest BCUT2D eigenvalue weighted by Crippen LogP contribution is -2.24. The molecule has 1 aliphatic heterocycles. The van der Waals surface area contributed by atoms with Gasteiger partial charge in [-0.3, -0.25) is 14.3 Å². The number of hydrogen-bond donors (Lipinski definition) is 3. The first kappa shape index (κ1) is 16.7. The van der Waals surface area contributed by atoms with E-state index in [0.717, 1.165) is 35.3 Å². The molecular formula is C22H24N8O2. The summed E-state index contributed by atoms with van der Waals surface area (Å²) in [6.45, 7) is -2.06. The highest BCUT2D eigenvalue weighted by Gasteiger charge is 2.30. The van der Waals surface area contributed by atoms with Crippen molar-refractivity contribution < 1.29 is 13.7 Å². The van der Waals surface area contributed by atoms with Crippen LogP contribution in [0, 0.1) is 5.92 Å². The highest BCUT2D eigenvalue weighted by atomic mass is 16.2. The Hall–Kier alpha value is -3.95. The molecule has 0 atom stereocenters. The smallest absolute Gasteiger partial charge is 0.273 e. The second-order valence-corrected chi connectivity index (χ2v) is 8.07. The van der Waals surface area contributed by atoms with E-state index in [-0.39, 0.29) is 29.0 Å². The Bertz CT molecular complexity index is 1330. The number of rotatable bonds is 5. The molecule has 3 aromatic rings. The van der Waals surface area contributed by atoms with Crippen molar-refractivity contribution in [3.8, 4) is 11.3 Å². The molecular weight excluding hydrogens is 408 g/mol. The topological polar surface area (TPSA) is 117 Å². The number of carbonyl (C=O) groups excluding carboxylic acids is 2. The van der Waals surface area contributed by atoms with Gasteiger partial charge in [0.15, 0.2) is 11.5 Å². The standard InChI is InChI=1S/C22H24N8O2/c1-23-22(32)19-16(9-17(26-27-19)25-21(31)12-7-8-12)24-15-6-4-5-14-18-13(11-30(3)28-18)10-29(2)20(14)15/h4-6,9,11-12H,7-8,10H2,1-3H3,(H,23,32)(H2,24,25,26,31)/i1D3.